The molecular formula is C15H22N2O3. The number of nitrogens with one attached hydrogen (secondary N) is 2. The minimum absolute atomic E-state index is 0.606. The van der Waals surface area contributed by atoms with Gasteiger partial charge in [0.1, 0.15) is 0 Å². The van der Waals surface area contributed by atoms with Gasteiger partial charge >= 0.3 is 0 Å². The van der Waals surface area contributed by atoms with Crippen molar-refractivity contribution in [3.05, 3.63) is 23.8 Å². The predicted molar refractivity (Wildman–Crippen MR) is 76.2 cm³/mol. The summed E-state index contributed by atoms with van der Waals surface area (Å²) in [6.07, 6.45) is 1.73. The molecule has 2 aliphatic heterocycles. The van der Waals surface area contributed by atoms with E-state index < -0.39 is 5.60 Å². The SMILES string of the molecule is OC1(CNCc2ccc3c(c2)OCCCO3)CCNC1. The zero-order chi connectivity index (χ0) is 13.8. The Balaban J connectivity index is 1.56. The monoisotopic (exact) mass is 278 g/mol. The molecule has 0 amide bonds. The third-order valence-corrected chi connectivity index (χ3v) is 3.82. The molecule has 20 heavy (non-hydrogen) atoms. The van der Waals surface area contributed by atoms with Gasteiger partial charge in [-0.15, -0.1) is 0 Å². The molecule has 0 aromatic heterocycles. The minimum Gasteiger partial charge on any atom is -0.490 e. The Morgan fingerprint density at radius 1 is 1.25 bits per heavy atom. The van der Waals surface area contributed by atoms with Crippen LogP contribution in [0.3, 0.4) is 0 Å². The average Bonchev–Trinajstić information content (AvgIpc) is 2.74. The summed E-state index contributed by atoms with van der Waals surface area (Å²) in [5, 5.41) is 16.7. The van der Waals surface area contributed by atoms with Gasteiger partial charge < -0.3 is 25.2 Å². The van der Waals surface area contributed by atoms with Gasteiger partial charge in [-0.1, -0.05) is 6.07 Å². The first kappa shape index (κ1) is 13.7. The number of ether oxygens (including phenoxy) is 2. The van der Waals surface area contributed by atoms with Gasteiger partial charge in [-0.2, -0.15) is 0 Å². The Kier molecular flexibility index (Phi) is 4.10. The van der Waals surface area contributed by atoms with Crippen molar-refractivity contribution in [3.63, 3.8) is 0 Å². The molecule has 5 nitrogen and oxygen atoms in total. The number of rotatable bonds is 4. The fourth-order valence-corrected chi connectivity index (χ4v) is 2.64. The summed E-state index contributed by atoms with van der Waals surface area (Å²) in [5.74, 6) is 1.65. The number of benzene rings is 1. The number of hydrogen-bond acceptors (Lipinski definition) is 5. The topological polar surface area (TPSA) is 62.8 Å². The summed E-state index contributed by atoms with van der Waals surface area (Å²) >= 11 is 0. The highest BCUT2D eigenvalue weighted by molar-refractivity contribution is 5.43. The highest BCUT2D eigenvalue weighted by atomic mass is 16.5. The number of fused-ring (bicyclic) bond motifs is 1. The van der Waals surface area contributed by atoms with E-state index in [1.807, 2.05) is 18.2 Å². The summed E-state index contributed by atoms with van der Waals surface area (Å²) in [6, 6.07) is 6.02. The molecule has 2 aliphatic rings. The van der Waals surface area contributed by atoms with E-state index in [4.69, 9.17) is 9.47 Å². The molecule has 3 N–H and O–H groups in total. The van der Waals surface area contributed by atoms with Crippen molar-refractivity contribution in [2.45, 2.75) is 25.0 Å². The fourth-order valence-electron chi connectivity index (χ4n) is 2.64. The average molecular weight is 278 g/mol. The highest BCUT2D eigenvalue weighted by Crippen LogP contribution is 2.30. The normalized spacial score (nSPS) is 25.4. The quantitative estimate of drug-likeness (QED) is 0.755. The standard InChI is InChI=1S/C15H22N2O3/c18-15(4-5-16-10-15)11-17-9-12-2-3-13-14(8-12)20-7-1-6-19-13/h2-3,8,16-18H,1,4-7,9-11H2. The summed E-state index contributed by atoms with van der Waals surface area (Å²) in [6.45, 7) is 4.30. The van der Waals surface area contributed by atoms with E-state index in [0.29, 0.717) is 26.3 Å². The Morgan fingerprint density at radius 2 is 2.10 bits per heavy atom. The summed E-state index contributed by atoms with van der Waals surface area (Å²) in [4.78, 5) is 0. The maximum Gasteiger partial charge on any atom is 0.161 e. The van der Waals surface area contributed by atoms with Crippen molar-refractivity contribution in [1.82, 2.24) is 10.6 Å². The molecule has 1 fully saturated rings. The van der Waals surface area contributed by atoms with Crippen LogP contribution in [-0.4, -0.2) is 43.6 Å². The molecule has 1 unspecified atom stereocenters. The van der Waals surface area contributed by atoms with E-state index in [1.54, 1.807) is 0 Å². The van der Waals surface area contributed by atoms with Crippen LogP contribution in [-0.2, 0) is 6.54 Å². The molecule has 0 aliphatic carbocycles. The first-order valence-electron chi connectivity index (χ1n) is 7.28. The van der Waals surface area contributed by atoms with Crippen LogP contribution in [0.5, 0.6) is 11.5 Å². The lowest BCUT2D eigenvalue weighted by Gasteiger charge is -2.21. The zero-order valence-electron chi connectivity index (χ0n) is 11.7. The van der Waals surface area contributed by atoms with Crippen LogP contribution in [0, 0.1) is 0 Å². The summed E-state index contributed by atoms with van der Waals surface area (Å²) < 4.78 is 11.3. The maximum atomic E-state index is 10.2. The number of hydrogen-bond donors (Lipinski definition) is 3. The van der Waals surface area contributed by atoms with Gasteiger partial charge in [0.15, 0.2) is 11.5 Å². The van der Waals surface area contributed by atoms with Gasteiger partial charge in [-0.3, -0.25) is 0 Å². The second kappa shape index (κ2) is 5.99. The van der Waals surface area contributed by atoms with Gasteiger partial charge in [0.2, 0.25) is 0 Å². The Bertz CT molecular complexity index is 458. The molecule has 0 radical (unpaired) electrons. The molecule has 5 heteroatoms. The van der Waals surface area contributed by atoms with Crippen LogP contribution in [0.15, 0.2) is 18.2 Å². The van der Waals surface area contributed by atoms with Crippen molar-refractivity contribution < 1.29 is 14.6 Å². The highest BCUT2D eigenvalue weighted by Gasteiger charge is 2.30. The second-order valence-electron chi connectivity index (χ2n) is 5.59. The van der Waals surface area contributed by atoms with E-state index in [0.717, 1.165) is 43.0 Å². The van der Waals surface area contributed by atoms with Crippen LogP contribution < -0.4 is 20.1 Å². The van der Waals surface area contributed by atoms with Crippen molar-refractivity contribution in [2.24, 2.45) is 0 Å². The molecule has 1 aromatic carbocycles. The molecule has 0 saturated carbocycles. The van der Waals surface area contributed by atoms with Crippen LogP contribution in [0.4, 0.5) is 0 Å². The Labute approximate surface area is 119 Å². The molecule has 1 atom stereocenters. The van der Waals surface area contributed by atoms with Crippen LogP contribution in [0.2, 0.25) is 0 Å². The zero-order valence-corrected chi connectivity index (χ0v) is 11.7. The van der Waals surface area contributed by atoms with Crippen molar-refractivity contribution in [2.75, 3.05) is 32.8 Å². The van der Waals surface area contributed by atoms with Gasteiger partial charge in [-0.25, -0.2) is 0 Å². The summed E-state index contributed by atoms with van der Waals surface area (Å²) in [7, 11) is 0. The van der Waals surface area contributed by atoms with E-state index in [-0.39, 0.29) is 0 Å². The first-order valence-corrected chi connectivity index (χ1v) is 7.28. The third kappa shape index (κ3) is 3.23. The van der Waals surface area contributed by atoms with Gasteiger partial charge in [0, 0.05) is 26.1 Å². The van der Waals surface area contributed by atoms with Crippen molar-refractivity contribution in [3.8, 4) is 11.5 Å². The minimum atomic E-state index is -0.606. The smallest absolute Gasteiger partial charge is 0.161 e. The lowest BCUT2D eigenvalue weighted by Crippen LogP contribution is -2.42. The molecule has 0 bridgehead atoms. The molecule has 110 valence electrons. The fraction of sp³-hybridized carbons (Fsp3) is 0.600. The Hall–Kier alpha value is -1.30. The predicted octanol–water partition coefficient (Wildman–Crippen LogP) is 0.662. The van der Waals surface area contributed by atoms with Crippen molar-refractivity contribution in [1.29, 1.82) is 0 Å². The molecule has 0 spiro atoms. The summed E-state index contributed by atoms with van der Waals surface area (Å²) in [5.41, 5.74) is 0.537. The largest absolute Gasteiger partial charge is 0.490 e. The third-order valence-electron chi connectivity index (χ3n) is 3.82. The maximum absolute atomic E-state index is 10.2. The molecular weight excluding hydrogens is 256 g/mol. The van der Waals surface area contributed by atoms with E-state index in [2.05, 4.69) is 10.6 Å². The molecule has 2 heterocycles. The molecule has 1 aromatic rings. The van der Waals surface area contributed by atoms with E-state index in [9.17, 15) is 5.11 Å². The lowest BCUT2D eigenvalue weighted by atomic mass is 10.0. The molecule has 3 rings (SSSR count). The number of β-amino-alcohol motifs (C(OH)–C–C–N with tert-alkyl or cyclic N) is 1. The lowest BCUT2D eigenvalue weighted by molar-refractivity contribution is 0.0609. The van der Waals surface area contributed by atoms with Gasteiger partial charge in [0.25, 0.3) is 0 Å². The van der Waals surface area contributed by atoms with Gasteiger partial charge in [-0.05, 0) is 30.7 Å². The van der Waals surface area contributed by atoms with E-state index in [1.165, 1.54) is 0 Å². The van der Waals surface area contributed by atoms with Crippen LogP contribution in [0.25, 0.3) is 0 Å². The van der Waals surface area contributed by atoms with E-state index >= 15 is 0 Å². The van der Waals surface area contributed by atoms with Crippen molar-refractivity contribution >= 4 is 0 Å². The van der Waals surface area contributed by atoms with Gasteiger partial charge in [0.05, 0.1) is 18.8 Å². The number of aliphatic hydroxyl groups is 1. The first-order chi connectivity index (χ1) is 9.75. The second-order valence-corrected chi connectivity index (χ2v) is 5.59. The van der Waals surface area contributed by atoms with Crippen LogP contribution in [0.1, 0.15) is 18.4 Å². The van der Waals surface area contributed by atoms with Crippen LogP contribution >= 0.6 is 0 Å². The molecule has 1 saturated heterocycles. The Morgan fingerprint density at radius 3 is 2.90 bits per heavy atom.